The molecule has 2 unspecified atom stereocenters. The average Bonchev–Trinajstić information content (AvgIpc) is 2.75. The van der Waals surface area contributed by atoms with Crippen LogP contribution in [0.2, 0.25) is 0 Å². The Morgan fingerprint density at radius 2 is 1.74 bits per heavy atom. The zero-order valence-electron chi connectivity index (χ0n) is 22.3. The van der Waals surface area contributed by atoms with Gasteiger partial charge in [-0.05, 0) is 85.5 Å². The minimum atomic E-state index is 0.711. The van der Waals surface area contributed by atoms with Crippen LogP contribution in [-0.2, 0) is 12.8 Å². The van der Waals surface area contributed by atoms with E-state index in [1.807, 2.05) is 19.9 Å². The molecule has 1 aromatic rings. The Kier molecular flexibility index (Phi) is 15.9. The van der Waals surface area contributed by atoms with Gasteiger partial charge in [0.25, 0.3) is 0 Å². The third-order valence-corrected chi connectivity index (χ3v) is 6.23. The minimum absolute atomic E-state index is 0.711. The molecule has 1 aromatic carbocycles. The molecular formula is C29H53NO. The Morgan fingerprint density at radius 1 is 1.10 bits per heavy atom. The number of nitrogens with zero attached hydrogens (tertiary/aromatic N) is 1. The molecule has 180 valence electrons. The minimum Gasteiger partial charge on any atom is -0.400 e. The van der Waals surface area contributed by atoms with E-state index in [0.717, 1.165) is 31.3 Å². The van der Waals surface area contributed by atoms with Gasteiger partial charge in [-0.25, -0.2) is 0 Å². The van der Waals surface area contributed by atoms with E-state index in [1.54, 1.807) is 16.7 Å². The number of allylic oxidation sites excluding steroid dienone is 1. The van der Waals surface area contributed by atoms with Gasteiger partial charge in [0.2, 0.25) is 0 Å². The highest BCUT2D eigenvalue weighted by Gasteiger charge is 2.33. The fourth-order valence-corrected chi connectivity index (χ4v) is 4.92. The molecule has 2 aliphatic rings. The van der Waals surface area contributed by atoms with Gasteiger partial charge in [0.15, 0.2) is 0 Å². The normalized spacial score (nSPS) is 19.6. The van der Waals surface area contributed by atoms with Crippen LogP contribution in [0.5, 0.6) is 0 Å². The van der Waals surface area contributed by atoms with Crippen molar-refractivity contribution in [2.45, 2.75) is 100.0 Å². The van der Waals surface area contributed by atoms with Gasteiger partial charge in [-0.1, -0.05) is 66.7 Å². The summed E-state index contributed by atoms with van der Waals surface area (Å²) in [5.41, 5.74) is 6.35. The lowest BCUT2D eigenvalue weighted by Gasteiger charge is -2.44. The summed E-state index contributed by atoms with van der Waals surface area (Å²) in [6, 6.07) is 5.72. The molecule has 0 aliphatic carbocycles. The molecule has 2 aliphatic heterocycles. The maximum absolute atomic E-state index is 7.00. The number of fused-ring (bicyclic) bond motifs is 3. The summed E-state index contributed by atoms with van der Waals surface area (Å²) in [5, 5.41) is 7.00. The van der Waals surface area contributed by atoms with Gasteiger partial charge in [0.1, 0.15) is 0 Å². The lowest BCUT2D eigenvalue weighted by Crippen LogP contribution is -2.42. The van der Waals surface area contributed by atoms with Crippen LogP contribution in [0, 0.1) is 24.7 Å². The predicted octanol–water partition coefficient (Wildman–Crippen LogP) is 7.77. The molecule has 0 bridgehead atoms. The maximum atomic E-state index is 7.00. The molecule has 3 rings (SSSR count). The van der Waals surface area contributed by atoms with E-state index in [1.165, 1.54) is 50.8 Å². The van der Waals surface area contributed by atoms with Crippen molar-refractivity contribution < 1.29 is 5.11 Å². The number of piperidine rings is 1. The van der Waals surface area contributed by atoms with Crippen molar-refractivity contribution in [1.82, 2.24) is 4.90 Å². The summed E-state index contributed by atoms with van der Waals surface area (Å²) in [5.74, 6) is 2.55. The molecule has 0 amide bonds. The molecule has 1 saturated heterocycles. The van der Waals surface area contributed by atoms with Crippen molar-refractivity contribution in [3.8, 4) is 0 Å². The molecule has 0 spiro atoms. The Labute approximate surface area is 195 Å². The van der Waals surface area contributed by atoms with Crippen molar-refractivity contribution in [3.05, 3.63) is 47.0 Å². The van der Waals surface area contributed by atoms with E-state index < -0.39 is 0 Å². The average molecular weight is 432 g/mol. The lowest BCUT2D eigenvalue weighted by atomic mass is 9.80. The van der Waals surface area contributed by atoms with Gasteiger partial charge in [0, 0.05) is 26.2 Å². The first-order chi connectivity index (χ1) is 14.8. The van der Waals surface area contributed by atoms with Gasteiger partial charge in [-0.3, -0.25) is 4.90 Å². The van der Waals surface area contributed by atoms with Crippen LogP contribution in [-0.4, -0.2) is 30.2 Å². The zero-order valence-corrected chi connectivity index (χ0v) is 22.3. The molecule has 0 radical (unpaired) electrons. The van der Waals surface area contributed by atoms with Crippen LogP contribution in [0.15, 0.2) is 24.8 Å². The Hall–Kier alpha value is -1.12. The standard InChI is InChI=1S/C20H31N.C6H12.C2H6.CH4O/c1-5-17-12-19-18(11-15(17)4)8-9-21-13-16(10-14(2)3)6-7-20(19)21;1-4-5-6(2)3;2*1-2/h11-12,14,16,20H,5-10,13H2,1-4H3;4,6H,1,5H2,2-3H3;1-2H3;2H,1H3. The van der Waals surface area contributed by atoms with Gasteiger partial charge in [0.05, 0.1) is 0 Å². The molecular weight excluding hydrogens is 378 g/mol. The second kappa shape index (κ2) is 16.5. The first-order valence-corrected chi connectivity index (χ1v) is 12.8. The summed E-state index contributed by atoms with van der Waals surface area (Å²) in [6.07, 6.45) is 9.71. The van der Waals surface area contributed by atoms with E-state index in [4.69, 9.17) is 5.11 Å². The summed E-state index contributed by atoms with van der Waals surface area (Å²) < 4.78 is 0. The summed E-state index contributed by atoms with van der Waals surface area (Å²) in [7, 11) is 1.00. The highest BCUT2D eigenvalue weighted by molar-refractivity contribution is 5.41. The first-order valence-electron chi connectivity index (χ1n) is 12.8. The Bertz CT molecular complexity index is 605. The van der Waals surface area contributed by atoms with Crippen LogP contribution in [0.4, 0.5) is 0 Å². The first kappa shape index (κ1) is 29.9. The number of rotatable bonds is 5. The maximum Gasteiger partial charge on any atom is 0.0351 e. The quantitative estimate of drug-likeness (QED) is 0.481. The molecule has 1 fully saturated rings. The van der Waals surface area contributed by atoms with E-state index in [2.05, 4.69) is 65.2 Å². The molecule has 0 saturated carbocycles. The van der Waals surface area contributed by atoms with Crippen LogP contribution in [0.25, 0.3) is 0 Å². The van der Waals surface area contributed by atoms with E-state index in [9.17, 15) is 0 Å². The van der Waals surface area contributed by atoms with Crippen LogP contribution in [0.3, 0.4) is 0 Å². The summed E-state index contributed by atoms with van der Waals surface area (Å²) in [6.45, 7) is 23.9. The second-order valence-electron chi connectivity index (χ2n) is 9.58. The van der Waals surface area contributed by atoms with Crippen molar-refractivity contribution in [3.63, 3.8) is 0 Å². The van der Waals surface area contributed by atoms with Crippen molar-refractivity contribution in [2.75, 3.05) is 20.2 Å². The predicted molar refractivity (Wildman–Crippen MR) is 140 cm³/mol. The summed E-state index contributed by atoms with van der Waals surface area (Å²) >= 11 is 0. The molecule has 2 heteroatoms. The van der Waals surface area contributed by atoms with E-state index in [-0.39, 0.29) is 0 Å². The number of hydrogen-bond acceptors (Lipinski definition) is 2. The zero-order chi connectivity index (χ0) is 24.0. The van der Waals surface area contributed by atoms with Gasteiger partial charge in [-0.2, -0.15) is 0 Å². The molecule has 0 aromatic heterocycles. The highest BCUT2D eigenvalue weighted by atomic mass is 16.2. The third kappa shape index (κ3) is 9.91. The van der Waals surface area contributed by atoms with Gasteiger partial charge >= 0.3 is 0 Å². The molecule has 2 nitrogen and oxygen atoms in total. The summed E-state index contributed by atoms with van der Waals surface area (Å²) in [4.78, 5) is 2.79. The van der Waals surface area contributed by atoms with Gasteiger partial charge < -0.3 is 5.11 Å². The van der Waals surface area contributed by atoms with Crippen LogP contribution < -0.4 is 0 Å². The molecule has 31 heavy (non-hydrogen) atoms. The smallest absolute Gasteiger partial charge is 0.0351 e. The largest absolute Gasteiger partial charge is 0.400 e. The fourth-order valence-electron chi connectivity index (χ4n) is 4.92. The Balaban J connectivity index is 0.000000771. The number of aryl methyl sites for hydroxylation is 2. The van der Waals surface area contributed by atoms with Crippen LogP contribution >= 0.6 is 0 Å². The van der Waals surface area contributed by atoms with E-state index >= 15 is 0 Å². The lowest BCUT2D eigenvalue weighted by molar-refractivity contribution is 0.0896. The topological polar surface area (TPSA) is 23.5 Å². The highest BCUT2D eigenvalue weighted by Crippen LogP contribution is 2.40. The van der Waals surface area contributed by atoms with E-state index in [0.29, 0.717) is 6.04 Å². The molecule has 1 N–H and O–H groups in total. The second-order valence-corrected chi connectivity index (χ2v) is 9.58. The number of aliphatic hydroxyl groups is 1. The monoisotopic (exact) mass is 431 g/mol. The number of hydrogen-bond donors (Lipinski definition) is 1. The Morgan fingerprint density at radius 3 is 2.23 bits per heavy atom. The SMILES string of the molecule is C=CCC(C)C.CC.CCc1cc2c(cc1C)CCN1CC(CC(C)C)CCC21.CO. The van der Waals surface area contributed by atoms with Gasteiger partial charge in [-0.15, -0.1) is 6.58 Å². The van der Waals surface area contributed by atoms with Crippen molar-refractivity contribution >= 4 is 0 Å². The number of aliphatic hydroxyl groups excluding tert-OH is 1. The third-order valence-electron chi connectivity index (χ3n) is 6.23. The van der Waals surface area contributed by atoms with Crippen molar-refractivity contribution in [2.24, 2.45) is 17.8 Å². The molecule has 2 atom stereocenters. The number of benzene rings is 1. The van der Waals surface area contributed by atoms with Crippen LogP contribution in [0.1, 0.15) is 102 Å². The molecule has 2 heterocycles. The van der Waals surface area contributed by atoms with Crippen molar-refractivity contribution in [1.29, 1.82) is 0 Å². The fraction of sp³-hybridized carbons (Fsp3) is 0.724.